The molecule has 0 spiro atoms. The van der Waals surface area contributed by atoms with E-state index in [0.29, 0.717) is 17.8 Å². The third-order valence-corrected chi connectivity index (χ3v) is 4.43. The van der Waals surface area contributed by atoms with Gasteiger partial charge in [-0.25, -0.2) is 4.98 Å². The van der Waals surface area contributed by atoms with Crippen LogP contribution in [0.15, 0.2) is 17.2 Å². The quantitative estimate of drug-likeness (QED) is 0.733. The minimum atomic E-state index is 0.0534. The van der Waals surface area contributed by atoms with Gasteiger partial charge in [0, 0.05) is 36.9 Å². The second kappa shape index (κ2) is 7.97. The van der Waals surface area contributed by atoms with Gasteiger partial charge in [-0.15, -0.1) is 0 Å². The molecule has 1 aromatic heterocycles. The van der Waals surface area contributed by atoms with Crippen molar-refractivity contribution in [1.29, 1.82) is 0 Å². The first-order chi connectivity index (χ1) is 10.1. The van der Waals surface area contributed by atoms with Crippen molar-refractivity contribution in [1.82, 2.24) is 9.55 Å². The van der Waals surface area contributed by atoms with Crippen LogP contribution in [0.4, 0.5) is 5.82 Å². The lowest BCUT2D eigenvalue weighted by molar-refractivity contribution is 0.414. The number of rotatable bonds is 6. The Morgan fingerprint density at radius 2 is 2.10 bits per heavy atom. The van der Waals surface area contributed by atoms with E-state index < -0.39 is 0 Å². The Labute approximate surface area is 135 Å². The first kappa shape index (κ1) is 16.5. The molecule has 0 N–H and O–H groups in total. The Bertz CT molecular complexity index is 495. The number of anilines is 1. The largest absolute Gasteiger partial charge is 0.348 e. The molecule has 4 nitrogen and oxygen atoms in total. The molecule has 1 aliphatic carbocycles. The Hall–Kier alpha value is -0.840. The van der Waals surface area contributed by atoms with Gasteiger partial charge in [0.1, 0.15) is 0 Å². The van der Waals surface area contributed by atoms with Gasteiger partial charge >= 0.3 is 0 Å². The van der Waals surface area contributed by atoms with Gasteiger partial charge in [-0.3, -0.25) is 4.79 Å². The van der Waals surface area contributed by atoms with Crippen LogP contribution in [0, 0.1) is 5.92 Å². The normalized spacial score (nSPS) is 16.4. The van der Waals surface area contributed by atoms with E-state index in [1.807, 2.05) is 0 Å². The fourth-order valence-electron chi connectivity index (χ4n) is 3.12. The molecule has 21 heavy (non-hydrogen) atoms. The average Bonchev–Trinajstić information content (AvgIpc) is 2.48. The number of alkyl halides is 1. The second-order valence-electron chi connectivity index (χ2n) is 6.28. The SMILES string of the molecule is CC(C)Cn1ccnc(N(CCBr)C2CCCCC2)c1=O. The summed E-state index contributed by atoms with van der Waals surface area (Å²) < 4.78 is 1.80. The summed E-state index contributed by atoms with van der Waals surface area (Å²) >= 11 is 3.52. The predicted octanol–water partition coefficient (Wildman–Crippen LogP) is 3.43. The van der Waals surface area contributed by atoms with Crippen LogP contribution in [-0.2, 0) is 6.54 Å². The van der Waals surface area contributed by atoms with Crippen LogP contribution in [-0.4, -0.2) is 27.5 Å². The summed E-state index contributed by atoms with van der Waals surface area (Å²) in [6.07, 6.45) is 9.76. The van der Waals surface area contributed by atoms with Crippen molar-refractivity contribution >= 4 is 21.7 Å². The van der Waals surface area contributed by atoms with Crippen molar-refractivity contribution in [2.75, 3.05) is 16.8 Å². The molecule has 0 amide bonds. The zero-order valence-corrected chi connectivity index (χ0v) is 14.7. The Morgan fingerprint density at radius 3 is 2.71 bits per heavy atom. The molecule has 0 radical (unpaired) electrons. The second-order valence-corrected chi connectivity index (χ2v) is 7.07. The highest BCUT2D eigenvalue weighted by Gasteiger charge is 2.24. The van der Waals surface area contributed by atoms with E-state index in [0.717, 1.165) is 18.4 Å². The molecule has 0 aliphatic heterocycles. The fourth-order valence-corrected chi connectivity index (χ4v) is 3.50. The molecule has 1 fully saturated rings. The smallest absolute Gasteiger partial charge is 0.293 e. The summed E-state index contributed by atoms with van der Waals surface area (Å²) in [6, 6.07) is 0.464. The van der Waals surface area contributed by atoms with E-state index in [4.69, 9.17) is 0 Å². The number of hydrogen-bond donors (Lipinski definition) is 0. The van der Waals surface area contributed by atoms with Gasteiger partial charge < -0.3 is 9.47 Å². The number of hydrogen-bond acceptors (Lipinski definition) is 3. The minimum Gasteiger partial charge on any atom is -0.348 e. The van der Waals surface area contributed by atoms with E-state index in [1.165, 1.54) is 32.1 Å². The monoisotopic (exact) mass is 355 g/mol. The van der Waals surface area contributed by atoms with Crippen LogP contribution in [0.5, 0.6) is 0 Å². The maximum atomic E-state index is 12.7. The number of aromatic nitrogens is 2. The molecule has 1 saturated carbocycles. The first-order valence-electron chi connectivity index (χ1n) is 8.01. The lowest BCUT2D eigenvalue weighted by Gasteiger charge is -2.34. The first-order valence-corrected chi connectivity index (χ1v) is 9.13. The van der Waals surface area contributed by atoms with Gasteiger partial charge in [-0.1, -0.05) is 49.0 Å². The maximum absolute atomic E-state index is 12.7. The van der Waals surface area contributed by atoms with Crippen molar-refractivity contribution < 1.29 is 0 Å². The molecule has 0 atom stereocenters. The van der Waals surface area contributed by atoms with Gasteiger partial charge in [-0.2, -0.15) is 0 Å². The molecule has 118 valence electrons. The third kappa shape index (κ3) is 4.31. The Kier molecular flexibility index (Phi) is 6.27. The van der Waals surface area contributed by atoms with Gasteiger partial charge in [0.2, 0.25) is 0 Å². The van der Waals surface area contributed by atoms with Crippen molar-refractivity contribution in [2.45, 2.75) is 58.5 Å². The van der Waals surface area contributed by atoms with E-state index in [2.05, 4.69) is 39.7 Å². The fraction of sp³-hybridized carbons (Fsp3) is 0.750. The van der Waals surface area contributed by atoms with Crippen LogP contribution >= 0.6 is 15.9 Å². The lowest BCUT2D eigenvalue weighted by atomic mass is 9.94. The molecule has 0 bridgehead atoms. The molecule has 1 heterocycles. The van der Waals surface area contributed by atoms with Gasteiger partial charge in [0.15, 0.2) is 5.82 Å². The van der Waals surface area contributed by atoms with Gasteiger partial charge in [0.25, 0.3) is 5.56 Å². The molecule has 2 rings (SSSR count). The molecule has 1 aromatic rings. The Balaban J connectivity index is 2.29. The standard InChI is InChI=1S/C16H26BrN3O/c1-13(2)12-19-11-9-18-15(16(19)21)20(10-8-17)14-6-4-3-5-7-14/h9,11,13-14H,3-8,10,12H2,1-2H3. The van der Waals surface area contributed by atoms with Crippen molar-refractivity contribution in [2.24, 2.45) is 5.92 Å². The van der Waals surface area contributed by atoms with Crippen LogP contribution in [0.3, 0.4) is 0 Å². The summed E-state index contributed by atoms with van der Waals surface area (Å²) in [5.74, 6) is 1.08. The lowest BCUT2D eigenvalue weighted by Crippen LogP contribution is -2.43. The zero-order valence-electron chi connectivity index (χ0n) is 13.1. The van der Waals surface area contributed by atoms with Crippen LogP contribution < -0.4 is 10.5 Å². The highest BCUT2D eigenvalue weighted by atomic mass is 79.9. The van der Waals surface area contributed by atoms with E-state index >= 15 is 0 Å². The summed E-state index contributed by atoms with van der Waals surface area (Å²) in [5.41, 5.74) is 0.0534. The third-order valence-electron chi connectivity index (χ3n) is 4.07. The number of halogens is 1. The summed E-state index contributed by atoms with van der Waals surface area (Å²) in [6.45, 7) is 5.85. The summed E-state index contributed by atoms with van der Waals surface area (Å²) in [5, 5.41) is 0.865. The van der Waals surface area contributed by atoms with Crippen LogP contribution in [0.1, 0.15) is 46.0 Å². The molecule has 5 heteroatoms. The van der Waals surface area contributed by atoms with E-state index in [1.54, 1.807) is 17.0 Å². The molecular formula is C16H26BrN3O. The van der Waals surface area contributed by atoms with Crippen LogP contribution in [0.25, 0.3) is 0 Å². The average molecular weight is 356 g/mol. The zero-order chi connectivity index (χ0) is 15.2. The molecular weight excluding hydrogens is 330 g/mol. The summed E-state index contributed by atoms with van der Waals surface area (Å²) in [4.78, 5) is 19.3. The van der Waals surface area contributed by atoms with E-state index in [9.17, 15) is 4.79 Å². The minimum absolute atomic E-state index is 0.0534. The molecule has 0 saturated heterocycles. The maximum Gasteiger partial charge on any atom is 0.293 e. The molecule has 1 aliphatic rings. The molecule has 0 aromatic carbocycles. The van der Waals surface area contributed by atoms with Crippen LogP contribution in [0.2, 0.25) is 0 Å². The van der Waals surface area contributed by atoms with Gasteiger partial charge in [-0.05, 0) is 18.8 Å². The Morgan fingerprint density at radius 1 is 1.38 bits per heavy atom. The highest BCUT2D eigenvalue weighted by molar-refractivity contribution is 9.09. The van der Waals surface area contributed by atoms with Gasteiger partial charge in [0.05, 0.1) is 0 Å². The van der Waals surface area contributed by atoms with Crippen molar-refractivity contribution in [3.63, 3.8) is 0 Å². The van der Waals surface area contributed by atoms with Crippen molar-refractivity contribution in [3.05, 3.63) is 22.7 Å². The summed E-state index contributed by atoms with van der Waals surface area (Å²) in [7, 11) is 0. The highest BCUT2D eigenvalue weighted by Crippen LogP contribution is 2.24. The topological polar surface area (TPSA) is 38.1 Å². The van der Waals surface area contributed by atoms with E-state index in [-0.39, 0.29) is 5.56 Å². The number of nitrogens with zero attached hydrogens (tertiary/aromatic N) is 3. The molecule has 0 unspecified atom stereocenters. The predicted molar refractivity (Wildman–Crippen MR) is 91.3 cm³/mol. The van der Waals surface area contributed by atoms with Crippen molar-refractivity contribution in [3.8, 4) is 0 Å².